The van der Waals surface area contributed by atoms with Crippen LogP contribution in [0, 0.1) is 5.92 Å². The van der Waals surface area contributed by atoms with Crippen molar-refractivity contribution >= 4 is 5.97 Å². The minimum atomic E-state index is -0.910. The van der Waals surface area contributed by atoms with Gasteiger partial charge in [-0.3, -0.25) is 4.90 Å². The molecular formula is C13H19NO3. The van der Waals surface area contributed by atoms with Gasteiger partial charge in [0, 0.05) is 6.04 Å². The summed E-state index contributed by atoms with van der Waals surface area (Å²) in [6.45, 7) is 6.08. The molecule has 1 N–H and O–H groups in total. The predicted octanol–water partition coefficient (Wildman–Crippen LogP) is 2.60. The van der Waals surface area contributed by atoms with Gasteiger partial charge in [0.05, 0.1) is 12.8 Å². The van der Waals surface area contributed by atoms with Crippen LogP contribution in [0.4, 0.5) is 0 Å². The van der Waals surface area contributed by atoms with Gasteiger partial charge >= 0.3 is 5.97 Å². The molecule has 94 valence electrons. The molecule has 0 bridgehead atoms. The highest BCUT2D eigenvalue weighted by atomic mass is 16.4. The number of piperidine rings is 1. The maximum atomic E-state index is 11.0. The van der Waals surface area contributed by atoms with E-state index in [1.54, 1.807) is 0 Å². The number of carboxylic acids is 1. The largest absolute Gasteiger partial charge is 0.478 e. The zero-order chi connectivity index (χ0) is 12.4. The number of carbonyl (C=O) groups is 1. The molecule has 2 heterocycles. The molecule has 0 radical (unpaired) electrons. The van der Waals surface area contributed by atoms with Gasteiger partial charge in [0.25, 0.3) is 0 Å². The number of hydrogen-bond donors (Lipinski definition) is 1. The number of hydrogen-bond acceptors (Lipinski definition) is 3. The Hall–Kier alpha value is -1.29. The Balaban J connectivity index is 2.05. The number of rotatable bonds is 3. The van der Waals surface area contributed by atoms with Crippen LogP contribution in [0.2, 0.25) is 0 Å². The molecule has 2 atom stereocenters. The van der Waals surface area contributed by atoms with Crippen molar-refractivity contribution in [2.45, 2.75) is 39.3 Å². The molecule has 1 aliphatic heterocycles. The van der Waals surface area contributed by atoms with Crippen molar-refractivity contribution in [3.05, 3.63) is 23.7 Å². The quantitative estimate of drug-likeness (QED) is 0.878. The Morgan fingerprint density at radius 2 is 2.35 bits per heavy atom. The van der Waals surface area contributed by atoms with E-state index in [1.165, 1.54) is 25.2 Å². The van der Waals surface area contributed by atoms with Crippen molar-refractivity contribution in [1.29, 1.82) is 0 Å². The van der Waals surface area contributed by atoms with E-state index < -0.39 is 5.97 Å². The molecule has 0 aromatic carbocycles. The Labute approximate surface area is 101 Å². The number of aromatic carboxylic acids is 1. The van der Waals surface area contributed by atoms with E-state index >= 15 is 0 Å². The first kappa shape index (κ1) is 12.2. The fraction of sp³-hybridized carbons (Fsp3) is 0.615. The van der Waals surface area contributed by atoms with Crippen LogP contribution in [0.1, 0.15) is 42.8 Å². The lowest BCUT2D eigenvalue weighted by Crippen LogP contribution is -2.39. The fourth-order valence-electron chi connectivity index (χ4n) is 2.53. The van der Waals surface area contributed by atoms with Gasteiger partial charge in [0.15, 0.2) is 0 Å². The van der Waals surface area contributed by atoms with Crippen LogP contribution in [-0.2, 0) is 6.54 Å². The average molecular weight is 237 g/mol. The summed E-state index contributed by atoms with van der Waals surface area (Å²) in [4.78, 5) is 13.3. The van der Waals surface area contributed by atoms with E-state index in [0.29, 0.717) is 18.3 Å². The molecule has 4 nitrogen and oxygen atoms in total. The molecule has 1 fully saturated rings. The van der Waals surface area contributed by atoms with Gasteiger partial charge in [-0.05, 0) is 38.3 Å². The van der Waals surface area contributed by atoms with E-state index in [4.69, 9.17) is 9.52 Å². The topological polar surface area (TPSA) is 53.7 Å². The third kappa shape index (κ3) is 2.69. The molecule has 1 saturated heterocycles. The second kappa shape index (κ2) is 4.92. The van der Waals surface area contributed by atoms with Crippen LogP contribution in [-0.4, -0.2) is 28.6 Å². The van der Waals surface area contributed by atoms with Gasteiger partial charge in [0.1, 0.15) is 11.3 Å². The molecule has 1 aromatic heterocycles. The fourth-order valence-corrected chi connectivity index (χ4v) is 2.53. The molecule has 1 aliphatic rings. The van der Waals surface area contributed by atoms with Crippen LogP contribution in [0.5, 0.6) is 0 Å². The Bertz CT molecular complexity index is 399. The summed E-state index contributed by atoms with van der Waals surface area (Å²) in [5.41, 5.74) is 0.288. The third-order valence-electron chi connectivity index (χ3n) is 3.60. The molecule has 17 heavy (non-hydrogen) atoms. The molecule has 1 aromatic rings. The zero-order valence-electron chi connectivity index (χ0n) is 10.3. The molecule has 2 rings (SSSR count). The summed E-state index contributed by atoms with van der Waals surface area (Å²) in [6, 6.07) is 2.01. The highest BCUT2D eigenvalue weighted by molar-refractivity contribution is 5.88. The average Bonchev–Trinajstić information content (AvgIpc) is 2.70. The van der Waals surface area contributed by atoms with E-state index in [2.05, 4.69) is 18.7 Å². The van der Waals surface area contributed by atoms with Crippen molar-refractivity contribution in [1.82, 2.24) is 4.90 Å². The van der Waals surface area contributed by atoms with E-state index in [0.717, 1.165) is 12.5 Å². The highest BCUT2D eigenvalue weighted by Crippen LogP contribution is 2.24. The summed E-state index contributed by atoms with van der Waals surface area (Å²) in [7, 11) is 0. The predicted molar refractivity (Wildman–Crippen MR) is 63.9 cm³/mol. The van der Waals surface area contributed by atoms with E-state index in [-0.39, 0.29) is 5.56 Å². The monoisotopic (exact) mass is 237 g/mol. The molecule has 0 saturated carbocycles. The normalized spacial score (nSPS) is 26.0. The van der Waals surface area contributed by atoms with Gasteiger partial charge in [0.2, 0.25) is 0 Å². The van der Waals surface area contributed by atoms with Crippen molar-refractivity contribution in [3.8, 4) is 0 Å². The minimum Gasteiger partial charge on any atom is -0.478 e. The number of likely N-dealkylation sites (tertiary alicyclic amines) is 1. The number of carboxylic acid groups (broad SMARTS) is 1. The maximum Gasteiger partial charge on any atom is 0.339 e. The van der Waals surface area contributed by atoms with Crippen LogP contribution >= 0.6 is 0 Å². The minimum absolute atomic E-state index is 0.288. The van der Waals surface area contributed by atoms with Crippen molar-refractivity contribution in [3.63, 3.8) is 0 Å². The summed E-state index contributed by atoms with van der Waals surface area (Å²) >= 11 is 0. The van der Waals surface area contributed by atoms with Gasteiger partial charge in [-0.15, -0.1) is 0 Å². The molecular weight excluding hydrogens is 218 g/mol. The second-order valence-electron chi connectivity index (χ2n) is 5.01. The van der Waals surface area contributed by atoms with Gasteiger partial charge in [-0.1, -0.05) is 6.92 Å². The van der Waals surface area contributed by atoms with Crippen molar-refractivity contribution in [2.24, 2.45) is 5.92 Å². The van der Waals surface area contributed by atoms with Crippen molar-refractivity contribution < 1.29 is 14.3 Å². The summed E-state index contributed by atoms with van der Waals surface area (Å²) in [5.74, 6) is 0.419. The van der Waals surface area contributed by atoms with Crippen LogP contribution in [0.3, 0.4) is 0 Å². The lowest BCUT2D eigenvalue weighted by atomic mass is 9.93. The van der Waals surface area contributed by atoms with Gasteiger partial charge in [-0.25, -0.2) is 4.79 Å². The third-order valence-corrected chi connectivity index (χ3v) is 3.60. The van der Waals surface area contributed by atoms with Gasteiger partial charge in [-0.2, -0.15) is 0 Å². The summed E-state index contributed by atoms with van der Waals surface area (Å²) in [6.07, 6.45) is 3.80. The molecule has 0 aliphatic carbocycles. The standard InChI is InChI=1S/C13H19NO3/c1-9-3-5-14(10(2)7-9)8-12-11(13(15)16)4-6-17-12/h4,6,9-10H,3,5,7-8H2,1-2H3,(H,15,16). The highest BCUT2D eigenvalue weighted by Gasteiger charge is 2.25. The van der Waals surface area contributed by atoms with Gasteiger partial charge < -0.3 is 9.52 Å². The summed E-state index contributed by atoms with van der Waals surface area (Å²) < 4.78 is 5.28. The lowest BCUT2D eigenvalue weighted by molar-refractivity contribution is 0.0687. The molecule has 0 spiro atoms. The molecule has 0 amide bonds. The van der Waals surface area contributed by atoms with Crippen LogP contribution in [0.15, 0.2) is 16.7 Å². The molecule has 2 unspecified atom stereocenters. The number of nitrogens with zero attached hydrogens (tertiary/aromatic N) is 1. The van der Waals surface area contributed by atoms with E-state index in [1.807, 2.05) is 0 Å². The Morgan fingerprint density at radius 1 is 1.59 bits per heavy atom. The zero-order valence-corrected chi connectivity index (χ0v) is 10.3. The van der Waals surface area contributed by atoms with Crippen LogP contribution < -0.4 is 0 Å². The SMILES string of the molecule is CC1CCN(Cc2occc2C(=O)O)C(C)C1. The smallest absolute Gasteiger partial charge is 0.339 e. The lowest BCUT2D eigenvalue weighted by Gasteiger charge is -2.35. The first-order valence-corrected chi connectivity index (χ1v) is 6.11. The second-order valence-corrected chi connectivity index (χ2v) is 5.01. The Morgan fingerprint density at radius 3 is 3.00 bits per heavy atom. The number of furan rings is 1. The maximum absolute atomic E-state index is 11.0. The van der Waals surface area contributed by atoms with E-state index in [9.17, 15) is 4.79 Å². The first-order chi connectivity index (χ1) is 8.08. The first-order valence-electron chi connectivity index (χ1n) is 6.11. The van der Waals surface area contributed by atoms with Crippen molar-refractivity contribution in [2.75, 3.05) is 6.54 Å². The molecule has 4 heteroatoms. The summed E-state index contributed by atoms with van der Waals surface area (Å²) in [5, 5.41) is 9.01. The van der Waals surface area contributed by atoms with Crippen LogP contribution in [0.25, 0.3) is 0 Å². The Kier molecular flexibility index (Phi) is 3.52.